The van der Waals surface area contributed by atoms with Crippen LogP contribution in [-0.4, -0.2) is 29.5 Å². The fourth-order valence-corrected chi connectivity index (χ4v) is 2.91. The molecule has 118 valence electrons. The molecule has 0 atom stereocenters. The molecule has 0 spiro atoms. The van der Waals surface area contributed by atoms with Crippen molar-refractivity contribution in [3.05, 3.63) is 29.6 Å². The lowest BCUT2D eigenvalue weighted by atomic mass is 10.2. The highest BCUT2D eigenvalue weighted by Crippen LogP contribution is 2.26. The van der Waals surface area contributed by atoms with Gasteiger partial charge < -0.3 is 10.1 Å². The van der Waals surface area contributed by atoms with Crippen molar-refractivity contribution in [2.45, 2.75) is 19.8 Å². The Morgan fingerprint density at radius 3 is 2.82 bits per heavy atom. The van der Waals surface area contributed by atoms with E-state index in [4.69, 9.17) is 4.74 Å². The van der Waals surface area contributed by atoms with Crippen LogP contribution in [0.2, 0.25) is 0 Å². The van der Waals surface area contributed by atoms with E-state index in [1.807, 2.05) is 35.9 Å². The van der Waals surface area contributed by atoms with Gasteiger partial charge in [0.15, 0.2) is 5.13 Å². The third-order valence-corrected chi connectivity index (χ3v) is 4.28. The fourth-order valence-electron chi connectivity index (χ4n) is 1.78. The number of aromatic nitrogens is 1. The zero-order valence-electron chi connectivity index (χ0n) is 12.8. The third kappa shape index (κ3) is 5.03. The molecule has 22 heavy (non-hydrogen) atoms. The van der Waals surface area contributed by atoms with E-state index in [2.05, 4.69) is 17.2 Å². The summed E-state index contributed by atoms with van der Waals surface area (Å²) in [5.41, 5.74) is 1.89. The van der Waals surface area contributed by atoms with Gasteiger partial charge in [-0.1, -0.05) is 6.92 Å². The number of hydrogen-bond donors (Lipinski definition) is 1. The molecule has 0 aliphatic rings. The van der Waals surface area contributed by atoms with Crippen LogP contribution in [-0.2, 0) is 4.79 Å². The van der Waals surface area contributed by atoms with E-state index in [0.717, 1.165) is 35.8 Å². The molecule has 1 amide bonds. The van der Waals surface area contributed by atoms with Gasteiger partial charge in [-0.25, -0.2) is 4.98 Å². The van der Waals surface area contributed by atoms with Crippen molar-refractivity contribution in [2.24, 2.45) is 0 Å². The van der Waals surface area contributed by atoms with Gasteiger partial charge in [-0.15, -0.1) is 11.3 Å². The van der Waals surface area contributed by atoms with E-state index >= 15 is 0 Å². The van der Waals surface area contributed by atoms with Gasteiger partial charge in [0.25, 0.3) is 0 Å². The molecule has 0 aliphatic heterocycles. The second kappa shape index (κ2) is 8.80. The second-order valence-electron chi connectivity index (χ2n) is 4.70. The Hall–Kier alpha value is -1.53. The Morgan fingerprint density at radius 1 is 1.36 bits per heavy atom. The van der Waals surface area contributed by atoms with Crippen molar-refractivity contribution in [1.82, 2.24) is 4.98 Å². The highest BCUT2D eigenvalue weighted by Gasteiger charge is 2.08. The van der Waals surface area contributed by atoms with Crippen LogP contribution in [0.5, 0.6) is 5.75 Å². The normalized spacial score (nSPS) is 10.5. The summed E-state index contributed by atoms with van der Waals surface area (Å²) in [6.07, 6.45) is 3.50. The van der Waals surface area contributed by atoms with Gasteiger partial charge in [0, 0.05) is 23.1 Å². The number of rotatable bonds is 8. The summed E-state index contributed by atoms with van der Waals surface area (Å²) in [5, 5.41) is 5.43. The number of thiazole rings is 1. The number of nitrogens with one attached hydrogen (secondary N) is 1. The highest BCUT2D eigenvalue weighted by atomic mass is 32.2. The van der Waals surface area contributed by atoms with Crippen LogP contribution in [0.25, 0.3) is 11.3 Å². The second-order valence-corrected chi connectivity index (χ2v) is 6.55. The molecule has 0 radical (unpaired) electrons. The Kier molecular flexibility index (Phi) is 6.74. The number of carbonyl (C=O) groups excluding carboxylic acids is 1. The number of anilines is 1. The van der Waals surface area contributed by atoms with E-state index in [0.29, 0.717) is 11.6 Å². The van der Waals surface area contributed by atoms with Crippen LogP contribution < -0.4 is 10.1 Å². The molecule has 2 rings (SSSR count). The average Bonchev–Trinajstić information content (AvgIpc) is 3.00. The van der Waals surface area contributed by atoms with Gasteiger partial charge in [0.1, 0.15) is 5.75 Å². The first-order chi connectivity index (χ1) is 10.7. The van der Waals surface area contributed by atoms with Gasteiger partial charge in [0.05, 0.1) is 12.3 Å². The lowest BCUT2D eigenvalue weighted by Gasteiger charge is -2.04. The topological polar surface area (TPSA) is 51.2 Å². The van der Waals surface area contributed by atoms with Gasteiger partial charge in [-0.3, -0.25) is 4.79 Å². The van der Waals surface area contributed by atoms with Crippen molar-refractivity contribution in [1.29, 1.82) is 0 Å². The molecule has 1 N–H and O–H groups in total. The summed E-state index contributed by atoms with van der Waals surface area (Å²) in [5.74, 6) is 1.70. The molecule has 0 bridgehead atoms. The molecule has 2 aromatic rings. The maximum Gasteiger partial charge on any atom is 0.226 e. The first kappa shape index (κ1) is 16.8. The number of thioether (sulfide) groups is 1. The van der Waals surface area contributed by atoms with Crippen molar-refractivity contribution in [3.63, 3.8) is 0 Å². The van der Waals surface area contributed by atoms with E-state index in [1.165, 1.54) is 11.3 Å². The summed E-state index contributed by atoms with van der Waals surface area (Å²) in [6, 6.07) is 7.86. The molecule has 0 saturated heterocycles. The van der Waals surface area contributed by atoms with E-state index in [-0.39, 0.29) is 5.91 Å². The average molecular weight is 336 g/mol. The Morgan fingerprint density at radius 2 is 2.14 bits per heavy atom. The van der Waals surface area contributed by atoms with Gasteiger partial charge in [0.2, 0.25) is 5.91 Å². The Balaban J connectivity index is 1.97. The van der Waals surface area contributed by atoms with Crippen molar-refractivity contribution >= 4 is 34.1 Å². The summed E-state index contributed by atoms with van der Waals surface area (Å²) in [4.78, 5) is 16.1. The minimum atomic E-state index is 0.0126. The molecule has 0 unspecified atom stereocenters. The number of ether oxygens (including phenoxy) is 1. The minimum absolute atomic E-state index is 0.0126. The lowest BCUT2D eigenvalue weighted by Crippen LogP contribution is -2.11. The van der Waals surface area contributed by atoms with E-state index in [1.54, 1.807) is 11.8 Å². The van der Waals surface area contributed by atoms with Crippen LogP contribution in [0.1, 0.15) is 19.8 Å². The fraction of sp³-hybridized carbons (Fsp3) is 0.375. The predicted octanol–water partition coefficient (Wildman–Crippen LogP) is 4.29. The van der Waals surface area contributed by atoms with Crippen LogP contribution in [0.4, 0.5) is 5.13 Å². The number of carbonyl (C=O) groups is 1. The number of benzene rings is 1. The van der Waals surface area contributed by atoms with Gasteiger partial charge in [-0.2, -0.15) is 11.8 Å². The zero-order chi connectivity index (χ0) is 15.8. The van der Waals surface area contributed by atoms with E-state index < -0.39 is 0 Å². The van der Waals surface area contributed by atoms with Crippen molar-refractivity contribution in [2.75, 3.05) is 23.9 Å². The highest BCUT2D eigenvalue weighted by molar-refractivity contribution is 7.98. The third-order valence-electron chi connectivity index (χ3n) is 2.91. The van der Waals surface area contributed by atoms with Gasteiger partial charge >= 0.3 is 0 Å². The van der Waals surface area contributed by atoms with Crippen LogP contribution in [0, 0.1) is 0 Å². The summed E-state index contributed by atoms with van der Waals surface area (Å²) in [7, 11) is 0. The molecule has 1 aromatic heterocycles. The first-order valence-electron chi connectivity index (χ1n) is 7.20. The van der Waals surface area contributed by atoms with Crippen LogP contribution in [0.3, 0.4) is 0 Å². The minimum Gasteiger partial charge on any atom is -0.494 e. The smallest absolute Gasteiger partial charge is 0.226 e. The van der Waals surface area contributed by atoms with E-state index in [9.17, 15) is 4.79 Å². The maximum atomic E-state index is 11.7. The number of hydrogen-bond acceptors (Lipinski definition) is 5. The largest absolute Gasteiger partial charge is 0.494 e. The molecular weight excluding hydrogens is 316 g/mol. The number of nitrogens with zero attached hydrogens (tertiary/aromatic N) is 1. The summed E-state index contributed by atoms with van der Waals surface area (Å²) < 4.78 is 5.56. The van der Waals surface area contributed by atoms with Crippen LogP contribution in [0.15, 0.2) is 29.6 Å². The molecule has 4 nitrogen and oxygen atoms in total. The van der Waals surface area contributed by atoms with Crippen molar-refractivity contribution < 1.29 is 9.53 Å². The molecule has 0 aliphatic carbocycles. The van der Waals surface area contributed by atoms with Crippen molar-refractivity contribution in [3.8, 4) is 17.0 Å². The monoisotopic (exact) mass is 336 g/mol. The molecular formula is C16H20N2O2S2. The lowest BCUT2D eigenvalue weighted by molar-refractivity contribution is -0.115. The Labute approximate surface area is 139 Å². The summed E-state index contributed by atoms with van der Waals surface area (Å²) >= 11 is 3.10. The standard InChI is InChI=1S/C16H20N2O2S2/c1-3-9-20-13-6-4-12(5-7-13)14-11-22-16(17-14)18-15(19)8-10-21-2/h4-7,11H,3,8-10H2,1-2H3,(H,17,18,19). The molecule has 0 saturated carbocycles. The maximum absolute atomic E-state index is 11.7. The zero-order valence-corrected chi connectivity index (χ0v) is 14.4. The molecule has 1 aromatic carbocycles. The van der Waals surface area contributed by atoms with Gasteiger partial charge in [-0.05, 0) is 36.9 Å². The Bertz CT molecular complexity index is 596. The quantitative estimate of drug-likeness (QED) is 0.781. The predicted molar refractivity (Wildman–Crippen MR) is 95.0 cm³/mol. The molecule has 1 heterocycles. The SMILES string of the molecule is CCCOc1ccc(-c2csc(NC(=O)CCSC)n2)cc1. The first-order valence-corrected chi connectivity index (χ1v) is 9.48. The summed E-state index contributed by atoms with van der Waals surface area (Å²) in [6.45, 7) is 2.81. The molecule has 6 heteroatoms. The van der Waals surface area contributed by atoms with Crippen LogP contribution >= 0.6 is 23.1 Å². The molecule has 0 fully saturated rings. The number of amides is 1.